The summed E-state index contributed by atoms with van der Waals surface area (Å²) in [5.74, 6) is 3.25. The van der Waals surface area contributed by atoms with E-state index < -0.39 is 0 Å². The summed E-state index contributed by atoms with van der Waals surface area (Å²) in [5.41, 5.74) is 0. The van der Waals surface area contributed by atoms with Gasteiger partial charge in [0.1, 0.15) is 5.82 Å². The molecule has 2 aliphatic rings. The highest BCUT2D eigenvalue weighted by molar-refractivity contribution is 4.98. The van der Waals surface area contributed by atoms with Gasteiger partial charge in [0.05, 0.1) is 0 Å². The molecule has 2 aliphatic heterocycles. The molecule has 1 unspecified atom stereocenters. The molecule has 1 aromatic rings. The van der Waals surface area contributed by atoms with Gasteiger partial charge in [-0.3, -0.25) is 0 Å². The van der Waals surface area contributed by atoms with Crippen molar-refractivity contribution in [2.45, 2.75) is 45.6 Å². The van der Waals surface area contributed by atoms with Crippen LogP contribution in [0.1, 0.15) is 37.8 Å². The second-order valence-corrected chi connectivity index (χ2v) is 6.30. The highest BCUT2D eigenvalue weighted by Crippen LogP contribution is 2.22. The highest BCUT2D eigenvalue weighted by atomic mass is 16.3. The molecule has 1 N–H and O–H groups in total. The molecule has 5 nitrogen and oxygen atoms in total. The van der Waals surface area contributed by atoms with Gasteiger partial charge in [-0.15, -0.1) is 0 Å². The normalized spacial score (nSPS) is 24.8. The quantitative estimate of drug-likeness (QED) is 0.896. The predicted octanol–water partition coefficient (Wildman–Crippen LogP) is 1.11. The number of hydrogen-bond acceptors (Lipinski definition) is 4. The smallest absolute Gasteiger partial charge is 0.151 e. The van der Waals surface area contributed by atoms with Crippen molar-refractivity contribution in [3.8, 4) is 0 Å². The fourth-order valence-electron chi connectivity index (χ4n) is 3.43. The molecule has 0 saturated carbocycles. The van der Waals surface area contributed by atoms with E-state index in [-0.39, 0.29) is 6.61 Å². The van der Waals surface area contributed by atoms with Gasteiger partial charge in [0.2, 0.25) is 0 Å². The molecule has 1 atom stereocenters. The summed E-state index contributed by atoms with van der Waals surface area (Å²) in [6, 6.07) is 0. The first kappa shape index (κ1) is 14.0. The number of aliphatic hydroxyl groups excluding tert-OH is 1. The molecule has 0 aliphatic carbocycles. The second-order valence-electron chi connectivity index (χ2n) is 6.30. The minimum Gasteiger partial charge on any atom is -0.396 e. The van der Waals surface area contributed by atoms with E-state index in [9.17, 15) is 5.11 Å². The van der Waals surface area contributed by atoms with Crippen LogP contribution in [0.15, 0.2) is 0 Å². The first-order valence-electron chi connectivity index (χ1n) is 8.04. The van der Waals surface area contributed by atoms with Gasteiger partial charge in [0.25, 0.3) is 0 Å². The molecule has 0 spiro atoms. The molecule has 0 bridgehead atoms. The molecular weight excluding hydrogens is 252 g/mol. The van der Waals surface area contributed by atoms with Crippen LogP contribution in [0.3, 0.4) is 0 Å². The Kier molecular flexibility index (Phi) is 4.36. The third-order valence-corrected chi connectivity index (χ3v) is 4.88. The summed E-state index contributed by atoms with van der Waals surface area (Å²) in [7, 11) is 0. The molecule has 1 aromatic heterocycles. The zero-order chi connectivity index (χ0) is 13.9. The maximum atomic E-state index is 9.27. The van der Waals surface area contributed by atoms with E-state index in [1.807, 2.05) is 4.68 Å². The summed E-state index contributed by atoms with van der Waals surface area (Å²) < 4.78 is 2.03. The fraction of sp³-hybridized carbons (Fsp3) is 0.867. The molecule has 1 saturated heterocycles. The molecule has 0 aromatic carbocycles. The minimum atomic E-state index is 0.268. The van der Waals surface area contributed by atoms with Crippen LogP contribution in [0.5, 0.6) is 0 Å². The van der Waals surface area contributed by atoms with Gasteiger partial charge >= 0.3 is 0 Å². The number of likely N-dealkylation sites (tertiary alicyclic amines) is 1. The SMILES string of the molecule is CCN1CCC(Cc2nc3n(n2)CC(CO)CC3)CC1. The Labute approximate surface area is 121 Å². The first-order chi connectivity index (χ1) is 9.78. The number of hydrogen-bond donors (Lipinski definition) is 1. The first-order valence-corrected chi connectivity index (χ1v) is 8.04. The molecule has 0 amide bonds. The number of rotatable bonds is 4. The number of aryl methyl sites for hydroxylation is 1. The van der Waals surface area contributed by atoms with Crippen molar-refractivity contribution in [1.29, 1.82) is 0 Å². The molecule has 20 heavy (non-hydrogen) atoms. The Morgan fingerprint density at radius 2 is 2.00 bits per heavy atom. The lowest BCUT2D eigenvalue weighted by Crippen LogP contribution is -2.34. The lowest BCUT2D eigenvalue weighted by Gasteiger charge is -2.30. The zero-order valence-corrected chi connectivity index (χ0v) is 12.5. The lowest BCUT2D eigenvalue weighted by atomic mass is 9.93. The summed E-state index contributed by atoms with van der Waals surface area (Å²) in [5, 5.41) is 13.9. The van der Waals surface area contributed by atoms with E-state index in [2.05, 4.69) is 16.9 Å². The van der Waals surface area contributed by atoms with Gasteiger partial charge in [-0.2, -0.15) is 5.10 Å². The average Bonchev–Trinajstić information content (AvgIpc) is 2.89. The monoisotopic (exact) mass is 278 g/mol. The van der Waals surface area contributed by atoms with Gasteiger partial charge in [0, 0.05) is 31.9 Å². The summed E-state index contributed by atoms with van der Waals surface area (Å²) in [6.07, 6.45) is 5.59. The van der Waals surface area contributed by atoms with E-state index >= 15 is 0 Å². The molecule has 0 radical (unpaired) electrons. The van der Waals surface area contributed by atoms with Crippen molar-refractivity contribution in [1.82, 2.24) is 19.7 Å². The van der Waals surface area contributed by atoms with E-state index in [4.69, 9.17) is 4.98 Å². The maximum absolute atomic E-state index is 9.27. The Morgan fingerprint density at radius 1 is 1.20 bits per heavy atom. The standard InChI is InChI=1S/C15H26N4O/c1-2-18-7-5-12(6-8-18)9-14-16-15-4-3-13(11-20)10-19(15)17-14/h12-13,20H,2-11H2,1H3. The second kappa shape index (κ2) is 6.22. The van der Waals surface area contributed by atoms with Gasteiger partial charge in [0.15, 0.2) is 5.82 Å². The zero-order valence-electron chi connectivity index (χ0n) is 12.5. The van der Waals surface area contributed by atoms with Crippen molar-refractivity contribution < 1.29 is 5.11 Å². The van der Waals surface area contributed by atoms with Crippen LogP contribution >= 0.6 is 0 Å². The van der Waals surface area contributed by atoms with Crippen molar-refractivity contribution in [3.63, 3.8) is 0 Å². The van der Waals surface area contributed by atoms with Crippen LogP contribution in [-0.4, -0.2) is 51.0 Å². The molecule has 3 heterocycles. The van der Waals surface area contributed by atoms with Crippen LogP contribution in [0.2, 0.25) is 0 Å². The Morgan fingerprint density at radius 3 is 2.70 bits per heavy atom. The largest absolute Gasteiger partial charge is 0.396 e. The third-order valence-electron chi connectivity index (χ3n) is 4.88. The van der Waals surface area contributed by atoms with Crippen LogP contribution < -0.4 is 0 Å². The summed E-state index contributed by atoms with van der Waals surface area (Å²) in [4.78, 5) is 7.23. The van der Waals surface area contributed by atoms with E-state index in [0.717, 1.165) is 43.4 Å². The van der Waals surface area contributed by atoms with E-state index in [1.165, 1.54) is 32.5 Å². The van der Waals surface area contributed by atoms with Gasteiger partial charge < -0.3 is 10.0 Å². The molecular formula is C15H26N4O. The van der Waals surface area contributed by atoms with Gasteiger partial charge in [-0.05, 0) is 44.8 Å². The minimum absolute atomic E-state index is 0.268. The Hall–Kier alpha value is -0.940. The van der Waals surface area contributed by atoms with E-state index in [0.29, 0.717) is 5.92 Å². The van der Waals surface area contributed by atoms with Crippen LogP contribution in [0.25, 0.3) is 0 Å². The third kappa shape index (κ3) is 3.04. The molecule has 112 valence electrons. The Bertz CT molecular complexity index is 437. The van der Waals surface area contributed by atoms with Crippen molar-refractivity contribution >= 4 is 0 Å². The van der Waals surface area contributed by atoms with Gasteiger partial charge in [-0.1, -0.05) is 6.92 Å². The molecule has 3 rings (SSSR count). The summed E-state index contributed by atoms with van der Waals surface area (Å²) >= 11 is 0. The van der Waals surface area contributed by atoms with Crippen molar-refractivity contribution in [3.05, 3.63) is 11.6 Å². The van der Waals surface area contributed by atoms with Crippen molar-refractivity contribution in [2.24, 2.45) is 11.8 Å². The van der Waals surface area contributed by atoms with Crippen LogP contribution in [-0.2, 0) is 19.4 Å². The number of aromatic nitrogens is 3. The predicted molar refractivity (Wildman–Crippen MR) is 77.5 cm³/mol. The lowest BCUT2D eigenvalue weighted by molar-refractivity contribution is 0.184. The number of fused-ring (bicyclic) bond motifs is 1. The number of piperidine rings is 1. The van der Waals surface area contributed by atoms with Gasteiger partial charge in [-0.25, -0.2) is 9.67 Å². The average molecular weight is 278 g/mol. The van der Waals surface area contributed by atoms with Crippen molar-refractivity contribution in [2.75, 3.05) is 26.2 Å². The Balaban J connectivity index is 1.58. The maximum Gasteiger partial charge on any atom is 0.151 e. The van der Waals surface area contributed by atoms with E-state index in [1.54, 1.807) is 0 Å². The fourth-order valence-corrected chi connectivity index (χ4v) is 3.43. The number of nitrogens with zero attached hydrogens (tertiary/aromatic N) is 4. The van der Waals surface area contributed by atoms with Crippen LogP contribution in [0, 0.1) is 11.8 Å². The molecule has 1 fully saturated rings. The topological polar surface area (TPSA) is 54.2 Å². The van der Waals surface area contributed by atoms with Crippen LogP contribution in [0.4, 0.5) is 0 Å². The highest BCUT2D eigenvalue weighted by Gasteiger charge is 2.24. The molecule has 5 heteroatoms. The number of aliphatic hydroxyl groups is 1. The summed E-state index contributed by atoms with van der Waals surface area (Å²) in [6.45, 7) is 6.97.